The van der Waals surface area contributed by atoms with Crippen molar-refractivity contribution in [3.05, 3.63) is 50.9 Å². The van der Waals surface area contributed by atoms with Crippen molar-refractivity contribution in [2.45, 2.75) is 25.9 Å². The van der Waals surface area contributed by atoms with E-state index in [9.17, 15) is 0 Å². The Bertz CT molecular complexity index is 456. The van der Waals surface area contributed by atoms with Gasteiger partial charge in [-0.25, -0.2) is 4.98 Å². The van der Waals surface area contributed by atoms with E-state index >= 15 is 0 Å². The van der Waals surface area contributed by atoms with Gasteiger partial charge < -0.3 is 5.32 Å². The molecule has 0 bridgehead atoms. The second-order valence-electron chi connectivity index (χ2n) is 3.80. The average Bonchev–Trinajstić information content (AvgIpc) is 2.86. The van der Waals surface area contributed by atoms with Crippen LogP contribution < -0.4 is 5.32 Å². The molecule has 90 valence electrons. The summed E-state index contributed by atoms with van der Waals surface area (Å²) in [5, 5.41) is 6.74. The number of rotatable bonds is 5. The lowest BCUT2D eigenvalue weighted by Crippen LogP contribution is -2.20. The number of halogens is 1. The van der Waals surface area contributed by atoms with Crippen LogP contribution in [0.2, 0.25) is 0 Å². The highest BCUT2D eigenvalue weighted by molar-refractivity contribution is 9.10. The standard InChI is InChI=1S/C13H15BrN2S/c1-2-12(13-15-7-8-17-13)16-9-10-5-3-4-6-11(10)14/h3-8,12,16H,2,9H2,1H3. The molecule has 0 amide bonds. The fourth-order valence-electron chi connectivity index (χ4n) is 1.69. The summed E-state index contributed by atoms with van der Waals surface area (Å²) in [6.45, 7) is 3.04. The van der Waals surface area contributed by atoms with Gasteiger partial charge in [-0.3, -0.25) is 0 Å². The van der Waals surface area contributed by atoms with Crippen molar-refractivity contribution in [2.75, 3.05) is 0 Å². The number of nitrogens with zero attached hydrogens (tertiary/aromatic N) is 1. The Morgan fingerprint density at radius 1 is 1.41 bits per heavy atom. The zero-order valence-corrected chi connectivity index (χ0v) is 12.1. The first-order chi connectivity index (χ1) is 8.31. The second kappa shape index (κ2) is 6.28. The van der Waals surface area contributed by atoms with Gasteiger partial charge in [-0.2, -0.15) is 0 Å². The molecule has 1 heterocycles. The van der Waals surface area contributed by atoms with Crippen molar-refractivity contribution in [3.63, 3.8) is 0 Å². The van der Waals surface area contributed by atoms with Crippen LogP contribution in [0.1, 0.15) is 30.0 Å². The Kier molecular flexibility index (Phi) is 4.71. The molecule has 1 aromatic carbocycles. The van der Waals surface area contributed by atoms with Crippen LogP contribution >= 0.6 is 27.3 Å². The summed E-state index contributed by atoms with van der Waals surface area (Å²) >= 11 is 5.27. The van der Waals surface area contributed by atoms with Crippen molar-refractivity contribution in [1.82, 2.24) is 10.3 Å². The number of benzene rings is 1. The van der Waals surface area contributed by atoms with Crippen LogP contribution in [0.3, 0.4) is 0 Å². The van der Waals surface area contributed by atoms with Crippen LogP contribution in [0.5, 0.6) is 0 Å². The van der Waals surface area contributed by atoms with E-state index in [4.69, 9.17) is 0 Å². The predicted octanol–water partition coefficient (Wildman–Crippen LogP) is 4.15. The van der Waals surface area contributed by atoms with Gasteiger partial charge in [0.2, 0.25) is 0 Å². The topological polar surface area (TPSA) is 24.9 Å². The smallest absolute Gasteiger partial charge is 0.109 e. The van der Waals surface area contributed by atoms with Crippen molar-refractivity contribution >= 4 is 27.3 Å². The van der Waals surface area contributed by atoms with E-state index in [0.717, 1.165) is 17.4 Å². The Labute approximate surface area is 114 Å². The van der Waals surface area contributed by atoms with Gasteiger partial charge in [0, 0.05) is 22.6 Å². The summed E-state index contributed by atoms with van der Waals surface area (Å²) in [6.07, 6.45) is 2.92. The first kappa shape index (κ1) is 12.7. The van der Waals surface area contributed by atoms with Gasteiger partial charge in [0.1, 0.15) is 5.01 Å². The summed E-state index contributed by atoms with van der Waals surface area (Å²) in [6, 6.07) is 8.65. The summed E-state index contributed by atoms with van der Waals surface area (Å²) < 4.78 is 1.15. The molecule has 0 aliphatic carbocycles. The van der Waals surface area contributed by atoms with Gasteiger partial charge >= 0.3 is 0 Å². The van der Waals surface area contributed by atoms with Gasteiger partial charge in [-0.15, -0.1) is 11.3 Å². The molecule has 0 aliphatic rings. The van der Waals surface area contributed by atoms with Crippen LogP contribution in [0.25, 0.3) is 0 Å². The Hall–Kier alpha value is -0.710. The van der Waals surface area contributed by atoms with Gasteiger partial charge in [0.15, 0.2) is 0 Å². The maximum absolute atomic E-state index is 4.37. The van der Waals surface area contributed by atoms with E-state index in [1.165, 1.54) is 10.6 Å². The molecular weight excluding hydrogens is 296 g/mol. The first-order valence-corrected chi connectivity index (χ1v) is 7.34. The zero-order valence-electron chi connectivity index (χ0n) is 9.69. The summed E-state index contributed by atoms with van der Waals surface area (Å²) in [4.78, 5) is 4.37. The maximum Gasteiger partial charge on any atom is 0.109 e. The van der Waals surface area contributed by atoms with E-state index in [1.807, 2.05) is 17.6 Å². The van der Waals surface area contributed by atoms with E-state index in [2.05, 4.69) is 51.4 Å². The molecule has 1 atom stereocenters. The van der Waals surface area contributed by atoms with E-state index in [-0.39, 0.29) is 0 Å². The highest BCUT2D eigenvalue weighted by Gasteiger charge is 2.11. The highest BCUT2D eigenvalue weighted by Crippen LogP contribution is 2.21. The number of hydrogen-bond acceptors (Lipinski definition) is 3. The molecule has 17 heavy (non-hydrogen) atoms. The quantitative estimate of drug-likeness (QED) is 0.897. The molecular formula is C13H15BrN2S. The summed E-state index contributed by atoms with van der Waals surface area (Å²) in [5.74, 6) is 0. The van der Waals surface area contributed by atoms with Crippen molar-refractivity contribution in [3.8, 4) is 0 Å². The van der Waals surface area contributed by atoms with Gasteiger partial charge in [0.25, 0.3) is 0 Å². The molecule has 2 nitrogen and oxygen atoms in total. The van der Waals surface area contributed by atoms with Crippen LogP contribution in [0.4, 0.5) is 0 Å². The van der Waals surface area contributed by atoms with E-state index in [0.29, 0.717) is 6.04 Å². The Morgan fingerprint density at radius 3 is 2.88 bits per heavy atom. The zero-order chi connectivity index (χ0) is 12.1. The van der Waals surface area contributed by atoms with Crippen molar-refractivity contribution in [1.29, 1.82) is 0 Å². The second-order valence-corrected chi connectivity index (χ2v) is 5.58. The summed E-state index contributed by atoms with van der Waals surface area (Å²) in [5.41, 5.74) is 1.28. The van der Waals surface area contributed by atoms with Crippen molar-refractivity contribution < 1.29 is 0 Å². The number of thiazole rings is 1. The Balaban J connectivity index is 2.00. The minimum Gasteiger partial charge on any atom is -0.304 e. The minimum atomic E-state index is 0.349. The molecule has 0 aliphatic heterocycles. The monoisotopic (exact) mass is 310 g/mol. The van der Waals surface area contributed by atoms with Gasteiger partial charge in [-0.05, 0) is 18.1 Å². The van der Waals surface area contributed by atoms with Crippen molar-refractivity contribution in [2.24, 2.45) is 0 Å². The molecule has 4 heteroatoms. The average molecular weight is 311 g/mol. The van der Waals surface area contributed by atoms with E-state index < -0.39 is 0 Å². The molecule has 1 N–H and O–H groups in total. The minimum absolute atomic E-state index is 0.349. The predicted molar refractivity (Wildman–Crippen MR) is 76.1 cm³/mol. The fourth-order valence-corrected chi connectivity index (χ4v) is 2.91. The molecule has 0 fully saturated rings. The molecule has 0 saturated heterocycles. The molecule has 2 rings (SSSR count). The fraction of sp³-hybridized carbons (Fsp3) is 0.308. The lowest BCUT2D eigenvalue weighted by molar-refractivity contribution is 0.516. The lowest BCUT2D eigenvalue weighted by atomic mass is 10.2. The van der Waals surface area contributed by atoms with Crippen LogP contribution in [-0.2, 0) is 6.54 Å². The number of aromatic nitrogens is 1. The highest BCUT2D eigenvalue weighted by atomic mass is 79.9. The molecule has 0 radical (unpaired) electrons. The normalized spacial score (nSPS) is 12.6. The number of nitrogens with one attached hydrogen (secondary N) is 1. The molecule has 1 unspecified atom stereocenters. The third kappa shape index (κ3) is 3.37. The molecule has 0 saturated carbocycles. The first-order valence-electron chi connectivity index (χ1n) is 5.67. The number of hydrogen-bond donors (Lipinski definition) is 1. The lowest BCUT2D eigenvalue weighted by Gasteiger charge is -2.15. The third-order valence-corrected chi connectivity index (χ3v) is 4.32. The SMILES string of the molecule is CCC(NCc1ccccc1Br)c1nccs1. The van der Waals surface area contributed by atoms with Crippen LogP contribution in [0.15, 0.2) is 40.3 Å². The van der Waals surface area contributed by atoms with Crippen LogP contribution in [0, 0.1) is 0 Å². The molecule has 1 aromatic heterocycles. The maximum atomic E-state index is 4.37. The Morgan fingerprint density at radius 2 is 2.24 bits per heavy atom. The molecule has 0 spiro atoms. The van der Waals surface area contributed by atoms with Gasteiger partial charge in [0.05, 0.1) is 6.04 Å². The largest absolute Gasteiger partial charge is 0.304 e. The summed E-state index contributed by atoms with van der Waals surface area (Å²) in [7, 11) is 0. The third-order valence-electron chi connectivity index (χ3n) is 2.65. The van der Waals surface area contributed by atoms with Crippen LogP contribution in [-0.4, -0.2) is 4.98 Å². The van der Waals surface area contributed by atoms with E-state index in [1.54, 1.807) is 11.3 Å². The van der Waals surface area contributed by atoms with Gasteiger partial charge in [-0.1, -0.05) is 41.1 Å². The molecule has 2 aromatic rings.